The number of aryl methyl sites for hydroxylation is 2. The SMILES string of the molecule is CN(C)CC(COc1ccccc1CCc1ccccc1)OC(=O)CCC(=O)O.Cl. The van der Waals surface area contributed by atoms with Gasteiger partial charge in [0.25, 0.3) is 0 Å². The molecule has 2 aromatic rings. The summed E-state index contributed by atoms with van der Waals surface area (Å²) in [7, 11) is 3.76. The van der Waals surface area contributed by atoms with Gasteiger partial charge in [0.2, 0.25) is 0 Å². The van der Waals surface area contributed by atoms with Crippen molar-refractivity contribution in [1.82, 2.24) is 4.90 Å². The first-order valence-electron chi connectivity index (χ1n) is 9.74. The molecule has 0 spiro atoms. The van der Waals surface area contributed by atoms with Crippen molar-refractivity contribution in [1.29, 1.82) is 0 Å². The van der Waals surface area contributed by atoms with Crippen LogP contribution in [0.15, 0.2) is 54.6 Å². The molecule has 0 amide bonds. The maximum atomic E-state index is 11.9. The molecular formula is C23H30ClNO5. The molecule has 0 bridgehead atoms. The van der Waals surface area contributed by atoms with Crippen molar-refractivity contribution >= 4 is 24.3 Å². The third-order valence-corrected chi connectivity index (χ3v) is 4.33. The summed E-state index contributed by atoms with van der Waals surface area (Å²) in [6, 6.07) is 18.1. The molecular weight excluding hydrogens is 406 g/mol. The normalized spacial score (nSPS) is 11.4. The van der Waals surface area contributed by atoms with Crippen molar-refractivity contribution in [3.63, 3.8) is 0 Å². The molecule has 0 radical (unpaired) electrons. The largest absolute Gasteiger partial charge is 0.489 e. The van der Waals surface area contributed by atoms with E-state index in [4.69, 9.17) is 14.6 Å². The van der Waals surface area contributed by atoms with Crippen LogP contribution in [0.3, 0.4) is 0 Å². The Kier molecular flexibility index (Phi) is 11.6. The van der Waals surface area contributed by atoms with Gasteiger partial charge in [0.1, 0.15) is 18.5 Å². The van der Waals surface area contributed by atoms with Crippen LogP contribution in [0.4, 0.5) is 0 Å². The van der Waals surface area contributed by atoms with Gasteiger partial charge in [-0.3, -0.25) is 9.59 Å². The second-order valence-corrected chi connectivity index (χ2v) is 7.17. The van der Waals surface area contributed by atoms with Crippen LogP contribution in [-0.2, 0) is 27.2 Å². The van der Waals surface area contributed by atoms with Gasteiger partial charge in [0.05, 0.1) is 12.8 Å². The highest BCUT2D eigenvalue weighted by molar-refractivity contribution is 5.85. The van der Waals surface area contributed by atoms with Crippen molar-refractivity contribution in [2.75, 3.05) is 27.2 Å². The minimum absolute atomic E-state index is 0. The molecule has 0 aliphatic carbocycles. The molecule has 1 unspecified atom stereocenters. The number of carbonyl (C=O) groups excluding carboxylic acids is 1. The van der Waals surface area contributed by atoms with Gasteiger partial charge >= 0.3 is 11.9 Å². The Balaban J connectivity index is 0.00000450. The van der Waals surface area contributed by atoms with E-state index in [0.717, 1.165) is 24.2 Å². The van der Waals surface area contributed by atoms with Gasteiger partial charge in [0.15, 0.2) is 0 Å². The van der Waals surface area contributed by atoms with Gasteiger partial charge in [-0.05, 0) is 44.1 Å². The number of benzene rings is 2. The zero-order valence-electron chi connectivity index (χ0n) is 17.5. The van der Waals surface area contributed by atoms with Crippen molar-refractivity contribution in [2.24, 2.45) is 0 Å². The first kappa shape index (κ1) is 25.5. The topological polar surface area (TPSA) is 76.1 Å². The fourth-order valence-corrected chi connectivity index (χ4v) is 2.94. The van der Waals surface area contributed by atoms with Crippen LogP contribution in [0.2, 0.25) is 0 Å². The van der Waals surface area contributed by atoms with E-state index < -0.39 is 18.0 Å². The number of aliphatic carboxylic acids is 1. The summed E-state index contributed by atoms with van der Waals surface area (Å²) in [6.45, 7) is 0.699. The standard InChI is InChI=1S/C23H29NO5.ClH/c1-24(2)16-20(29-23(27)15-14-22(25)26)17-28-21-11-7-6-10-19(21)13-12-18-8-4-3-5-9-18;/h3-11,20H,12-17H2,1-2H3,(H,25,26);1H. The van der Waals surface area contributed by atoms with E-state index in [1.165, 1.54) is 5.56 Å². The molecule has 6 nitrogen and oxygen atoms in total. The lowest BCUT2D eigenvalue weighted by atomic mass is 10.0. The van der Waals surface area contributed by atoms with Crippen LogP contribution in [0, 0.1) is 0 Å². The molecule has 1 N–H and O–H groups in total. The van der Waals surface area contributed by atoms with Gasteiger partial charge in [-0.2, -0.15) is 0 Å². The fraction of sp³-hybridized carbons (Fsp3) is 0.391. The minimum atomic E-state index is -1.02. The molecule has 2 aromatic carbocycles. The van der Waals surface area contributed by atoms with Crippen molar-refractivity contribution in [3.05, 3.63) is 65.7 Å². The number of nitrogens with zero attached hydrogens (tertiary/aromatic N) is 1. The maximum absolute atomic E-state index is 11.9. The maximum Gasteiger partial charge on any atom is 0.306 e. The average molecular weight is 436 g/mol. The van der Waals surface area contributed by atoms with E-state index in [9.17, 15) is 9.59 Å². The number of carbonyl (C=O) groups is 2. The predicted octanol–water partition coefficient (Wildman–Crippen LogP) is 3.61. The van der Waals surface area contributed by atoms with Gasteiger partial charge in [-0.25, -0.2) is 0 Å². The fourth-order valence-electron chi connectivity index (χ4n) is 2.94. The summed E-state index contributed by atoms with van der Waals surface area (Å²) >= 11 is 0. The monoisotopic (exact) mass is 435 g/mol. The Hall–Kier alpha value is -2.57. The van der Waals surface area contributed by atoms with Crippen molar-refractivity contribution < 1.29 is 24.2 Å². The number of ether oxygens (including phenoxy) is 2. The van der Waals surface area contributed by atoms with Gasteiger partial charge in [-0.15, -0.1) is 12.4 Å². The van der Waals surface area contributed by atoms with Crippen molar-refractivity contribution in [2.45, 2.75) is 31.8 Å². The molecule has 164 valence electrons. The lowest BCUT2D eigenvalue weighted by Crippen LogP contribution is -2.35. The summed E-state index contributed by atoms with van der Waals surface area (Å²) in [5.74, 6) is -0.774. The van der Waals surface area contributed by atoms with Crippen molar-refractivity contribution in [3.8, 4) is 5.75 Å². The van der Waals surface area contributed by atoms with Crippen LogP contribution >= 0.6 is 12.4 Å². The molecule has 1 atom stereocenters. The first-order valence-corrected chi connectivity index (χ1v) is 9.74. The first-order chi connectivity index (χ1) is 13.9. The Morgan fingerprint density at radius 3 is 2.30 bits per heavy atom. The molecule has 0 aliphatic heterocycles. The summed E-state index contributed by atoms with van der Waals surface area (Å²) in [4.78, 5) is 24.5. The summed E-state index contributed by atoms with van der Waals surface area (Å²) in [5.41, 5.74) is 2.36. The lowest BCUT2D eigenvalue weighted by molar-refractivity contribution is -0.153. The Morgan fingerprint density at radius 2 is 1.63 bits per heavy atom. The summed E-state index contributed by atoms with van der Waals surface area (Å²) in [6.07, 6.45) is 0.890. The zero-order valence-corrected chi connectivity index (χ0v) is 18.3. The Morgan fingerprint density at radius 1 is 0.967 bits per heavy atom. The van der Waals surface area contributed by atoms with Crippen LogP contribution in [0.5, 0.6) is 5.75 Å². The number of hydrogen-bond acceptors (Lipinski definition) is 5. The van der Waals surface area contributed by atoms with Crippen LogP contribution < -0.4 is 4.74 Å². The quantitative estimate of drug-likeness (QED) is 0.513. The average Bonchev–Trinajstić information content (AvgIpc) is 2.70. The Labute approximate surface area is 184 Å². The van der Waals surface area contributed by atoms with E-state index in [0.29, 0.717) is 6.54 Å². The van der Waals surface area contributed by atoms with E-state index in [1.807, 2.05) is 61.5 Å². The number of rotatable bonds is 12. The van der Waals surface area contributed by atoms with Crippen LogP contribution in [0.1, 0.15) is 24.0 Å². The number of halogens is 1. The van der Waals surface area contributed by atoms with E-state index in [1.54, 1.807) is 0 Å². The molecule has 0 fully saturated rings. The highest BCUT2D eigenvalue weighted by atomic mass is 35.5. The Bertz CT molecular complexity index is 782. The van der Waals surface area contributed by atoms with E-state index in [-0.39, 0.29) is 31.9 Å². The second kappa shape index (κ2) is 13.6. The number of hydrogen-bond donors (Lipinski definition) is 1. The smallest absolute Gasteiger partial charge is 0.306 e. The molecule has 0 aromatic heterocycles. The zero-order chi connectivity index (χ0) is 21.1. The number of para-hydroxylation sites is 1. The van der Waals surface area contributed by atoms with Gasteiger partial charge < -0.3 is 19.5 Å². The molecule has 30 heavy (non-hydrogen) atoms. The van der Waals surface area contributed by atoms with Crippen LogP contribution in [-0.4, -0.2) is 55.3 Å². The number of carboxylic acids is 1. The van der Waals surface area contributed by atoms with Gasteiger partial charge in [0, 0.05) is 6.54 Å². The highest BCUT2D eigenvalue weighted by Crippen LogP contribution is 2.20. The molecule has 0 heterocycles. The molecule has 0 saturated carbocycles. The predicted molar refractivity (Wildman–Crippen MR) is 118 cm³/mol. The second-order valence-electron chi connectivity index (χ2n) is 7.17. The summed E-state index contributed by atoms with van der Waals surface area (Å²) < 4.78 is 11.4. The molecule has 0 aliphatic rings. The highest BCUT2D eigenvalue weighted by Gasteiger charge is 2.18. The van der Waals surface area contributed by atoms with E-state index >= 15 is 0 Å². The molecule has 2 rings (SSSR count). The van der Waals surface area contributed by atoms with Crippen LogP contribution in [0.25, 0.3) is 0 Å². The van der Waals surface area contributed by atoms with E-state index in [2.05, 4.69) is 12.1 Å². The number of carboxylic acid groups (broad SMARTS) is 1. The lowest BCUT2D eigenvalue weighted by Gasteiger charge is -2.22. The third kappa shape index (κ3) is 9.76. The summed E-state index contributed by atoms with van der Waals surface area (Å²) in [5, 5.41) is 8.72. The van der Waals surface area contributed by atoms with Gasteiger partial charge in [-0.1, -0.05) is 48.5 Å². The third-order valence-electron chi connectivity index (χ3n) is 4.33. The number of likely N-dealkylation sites (N-methyl/N-ethyl adjacent to an activating group) is 1. The molecule has 0 saturated heterocycles. The molecule has 7 heteroatoms. The minimum Gasteiger partial charge on any atom is -0.489 e. The number of esters is 1.